The highest BCUT2D eigenvalue weighted by molar-refractivity contribution is 8.13. The summed E-state index contributed by atoms with van der Waals surface area (Å²) in [7, 11) is 0. The number of nitrogens with one attached hydrogen (secondary N) is 3. The number of carbonyl (C=O) groups is 6. The van der Waals surface area contributed by atoms with Crippen LogP contribution in [-0.2, 0) is 28.8 Å². The minimum absolute atomic E-state index is 0.378. The topological polar surface area (TPSA) is 245 Å². The summed E-state index contributed by atoms with van der Waals surface area (Å²) in [6.45, 7) is 5.19. The van der Waals surface area contributed by atoms with E-state index in [0.29, 0.717) is 11.8 Å². The molecule has 7 atom stereocenters. The number of hydrogen-bond donors (Lipinski definition) is 8. The first-order valence-corrected chi connectivity index (χ1v) is 12.2. The molecule has 15 heteroatoms. The Morgan fingerprint density at radius 1 is 1.17 bits per heavy atom. The highest BCUT2D eigenvalue weighted by Crippen LogP contribution is 2.36. The van der Waals surface area contributed by atoms with Gasteiger partial charge in [-0.1, -0.05) is 39.5 Å². The Morgan fingerprint density at radius 2 is 1.75 bits per heavy atom. The molecular weight excluding hydrogens is 500 g/mol. The van der Waals surface area contributed by atoms with Crippen molar-refractivity contribution in [2.75, 3.05) is 12.3 Å². The van der Waals surface area contributed by atoms with Gasteiger partial charge in [0.2, 0.25) is 22.8 Å². The van der Waals surface area contributed by atoms with E-state index in [4.69, 9.17) is 15.9 Å². The molecule has 0 aromatic rings. The number of aliphatic hydroxyl groups is 2. The highest BCUT2D eigenvalue weighted by atomic mass is 32.2. The van der Waals surface area contributed by atoms with Gasteiger partial charge in [-0.25, -0.2) is 0 Å². The number of carboxylic acid groups (broad SMARTS) is 2. The molecule has 0 aliphatic carbocycles. The quantitative estimate of drug-likeness (QED) is 0.120. The number of aliphatic hydroxyl groups excluding tert-OH is 2. The molecule has 0 saturated carbocycles. The maximum atomic E-state index is 13.2. The van der Waals surface area contributed by atoms with E-state index >= 15 is 0 Å². The molecule has 1 unspecified atom stereocenters. The van der Waals surface area contributed by atoms with Crippen molar-refractivity contribution < 1.29 is 49.2 Å². The first-order chi connectivity index (χ1) is 16.6. The predicted octanol–water partition coefficient (Wildman–Crippen LogP) is -2.75. The fraction of sp³-hybridized carbons (Fsp3) is 0.714. The van der Waals surface area contributed by atoms with E-state index in [0.717, 1.165) is 0 Å². The number of thioether (sulfide) groups is 1. The SMILES string of the molecule is CC(CC(=O)N[C@@H](CSC(=O)[C@]1([C@@H](O)C(C)C)NC(=O)[C@H](C)[C@@H]1O)C(=O)NCC(=O)O)[C@H](N)C(=O)O. The minimum Gasteiger partial charge on any atom is -0.480 e. The van der Waals surface area contributed by atoms with Crippen LogP contribution >= 0.6 is 11.8 Å². The van der Waals surface area contributed by atoms with E-state index in [2.05, 4.69) is 16.0 Å². The Hall–Kier alpha value is -2.75. The third-order valence-electron chi connectivity index (χ3n) is 5.97. The standard InChI is InChI=1S/C21H34N4O10S/c1-8(2)15(29)21(16(30)10(4)17(31)25-21)20(35)36-7-11(18(32)23-6-13(27)28)24-12(26)5-9(3)14(22)19(33)34/h8-11,14-16,29-30H,5-7,22H2,1-4H3,(H,23,32)(H,24,26)(H,25,31)(H,27,28)(H,33,34)/t9?,10-,11+,14+,15+,16+,21-/m1/s1. The summed E-state index contributed by atoms with van der Waals surface area (Å²) in [4.78, 5) is 72.3. The molecule has 204 valence electrons. The van der Waals surface area contributed by atoms with Crippen molar-refractivity contribution in [3.63, 3.8) is 0 Å². The summed E-state index contributed by atoms with van der Waals surface area (Å²) < 4.78 is 0. The molecule has 1 rings (SSSR count). The largest absolute Gasteiger partial charge is 0.480 e. The van der Waals surface area contributed by atoms with E-state index in [1.54, 1.807) is 13.8 Å². The van der Waals surface area contributed by atoms with Gasteiger partial charge in [-0.05, 0) is 11.8 Å². The van der Waals surface area contributed by atoms with E-state index in [1.165, 1.54) is 13.8 Å². The zero-order valence-corrected chi connectivity index (χ0v) is 21.2. The van der Waals surface area contributed by atoms with Gasteiger partial charge in [0.1, 0.15) is 18.6 Å². The van der Waals surface area contributed by atoms with Gasteiger partial charge in [0, 0.05) is 12.2 Å². The van der Waals surface area contributed by atoms with Crippen LogP contribution in [0.25, 0.3) is 0 Å². The van der Waals surface area contributed by atoms with E-state index < -0.39 is 94.7 Å². The zero-order valence-electron chi connectivity index (χ0n) is 20.4. The van der Waals surface area contributed by atoms with Gasteiger partial charge in [0.05, 0.1) is 18.1 Å². The molecule has 1 saturated heterocycles. The third kappa shape index (κ3) is 7.38. The molecule has 1 heterocycles. The van der Waals surface area contributed by atoms with Gasteiger partial charge in [0.15, 0.2) is 5.54 Å². The molecule has 36 heavy (non-hydrogen) atoms. The van der Waals surface area contributed by atoms with Crippen LogP contribution in [0.1, 0.15) is 34.1 Å². The molecule has 1 fully saturated rings. The molecule has 0 aromatic carbocycles. The van der Waals surface area contributed by atoms with Crippen molar-refractivity contribution >= 4 is 46.5 Å². The average molecular weight is 535 g/mol. The first-order valence-electron chi connectivity index (χ1n) is 11.2. The van der Waals surface area contributed by atoms with Crippen molar-refractivity contribution in [2.24, 2.45) is 23.5 Å². The van der Waals surface area contributed by atoms with Crippen molar-refractivity contribution in [3.8, 4) is 0 Å². The number of rotatable bonds is 13. The maximum absolute atomic E-state index is 13.2. The van der Waals surface area contributed by atoms with Crippen molar-refractivity contribution in [1.82, 2.24) is 16.0 Å². The number of amides is 3. The molecule has 0 aromatic heterocycles. The van der Waals surface area contributed by atoms with Gasteiger partial charge in [0.25, 0.3) is 0 Å². The van der Waals surface area contributed by atoms with E-state index in [9.17, 15) is 39.0 Å². The fourth-order valence-corrected chi connectivity index (χ4v) is 4.74. The first kappa shape index (κ1) is 31.3. The lowest BCUT2D eigenvalue weighted by molar-refractivity contribution is -0.140. The summed E-state index contributed by atoms with van der Waals surface area (Å²) >= 11 is 0.453. The Bertz CT molecular complexity index is 885. The second kappa shape index (κ2) is 13.0. The molecule has 3 amide bonds. The van der Waals surface area contributed by atoms with Gasteiger partial charge < -0.3 is 42.1 Å². The summed E-state index contributed by atoms with van der Waals surface area (Å²) in [5.74, 6) is -7.86. The fourth-order valence-electron chi connectivity index (χ4n) is 3.66. The van der Waals surface area contributed by atoms with Crippen LogP contribution in [0.3, 0.4) is 0 Å². The summed E-state index contributed by atoms with van der Waals surface area (Å²) in [6, 6.07) is -2.79. The number of carbonyl (C=O) groups excluding carboxylic acids is 4. The van der Waals surface area contributed by atoms with Gasteiger partial charge >= 0.3 is 11.9 Å². The van der Waals surface area contributed by atoms with Crippen molar-refractivity contribution in [2.45, 2.75) is 63.9 Å². The lowest BCUT2D eigenvalue weighted by Crippen LogP contribution is -2.64. The van der Waals surface area contributed by atoms with Gasteiger partial charge in [-0.15, -0.1) is 0 Å². The number of nitrogens with two attached hydrogens (primary N) is 1. The summed E-state index contributed by atoms with van der Waals surface area (Å²) in [5.41, 5.74) is 3.43. The van der Waals surface area contributed by atoms with Crippen LogP contribution in [0.2, 0.25) is 0 Å². The molecule has 0 radical (unpaired) electrons. The monoisotopic (exact) mass is 534 g/mol. The third-order valence-corrected chi connectivity index (χ3v) is 7.07. The minimum atomic E-state index is -2.07. The second-order valence-electron chi connectivity index (χ2n) is 9.16. The lowest BCUT2D eigenvalue weighted by atomic mass is 9.81. The maximum Gasteiger partial charge on any atom is 0.322 e. The Kier molecular flexibility index (Phi) is 11.3. The highest BCUT2D eigenvalue weighted by Gasteiger charge is 2.60. The van der Waals surface area contributed by atoms with Crippen LogP contribution in [0, 0.1) is 17.8 Å². The van der Waals surface area contributed by atoms with Gasteiger partial charge in [-0.2, -0.15) is 0 Å². The smallest absolute Gasteiger partial charge is 0.322 e. The zero-order chi connectivity index (χ0) is 28.0. The van der Waals surface area contributed by atoms with Crippen molar-refractivity contribution in [3.05, 3.63) is 0 Å². The molecule has 14 nitrogen and oxygen atoms in total. The molecule has 1 aliphatic heterocycles. The van der Waals surface area contributed by atoms with Crippen LogP contribution in [0.5, 0.6) is 0 Å². The van der Waals surface area contributed by atoms with Gasteiger partial charge in [-0.3, -0.25) is 28.8 Å². The molecule has 0 spiro atoms. The Morgan fingerprint density at radius 3 is 2.19 bits per heavy atom. The second-order valence-corrected chi connectivity index (χ2v) is 10.1. The van der Waals surface area contributed by atoms with E-state index in [-0.39, 0.29) is 6.42 Å². The Balaban J connectivity index is 3.09. The molecular formula is C21H34N4O10S. The Labute approximate surface area is 211 Å². The van der Waals surface area contributed by atoms with E-state index in [1.807, 2.05) is 0 Å². The lowest BCUT2D eigenvalue weighted by Gasteiger charge is -2.37. The number of hydrogen-bond acceptors (Lipinski definition) is 10. The summed E-state index contributed by atoms with van der Waals surface area (Å²) in [6.07, 6.45) is -3.43. The van der Waals surface area contributed by atoms with Crippen LogP contribution in [0.15, 0.2) is 0 Å². The number of carboxylic acids is 2. The normalized spacial score (nSPS) is 24.8. The molecule has 9 N–H and O–H groups in total. The van der Waals surface area contributed by atoms with Crippen LogP contribution in [0.4, 0.5) is 0 Å². The predicted molar refractivity (Wildman–Crippen MR) is 126 cm³/mol. The summed E-state index contributed by atoms with van der Waals surface area (Å²) in [5, 5.41) is 45.1. The van der Waals surface area contributed by atoms with Crippen LogP contribution < -0.4 is 21.7 Å². The van der Waals surface area contributed by atoms with Crippen LogP contribution in [-0.4, -0.2) is 97.3 Å². The van der Waals surface area contributed by atoms with Crippen molar-refractivity contribution in [1.29, 1.82) is 0 Å². The molecule has 0 bridgehead atoms. The number of aliphatic carboxylic acids is 2. The average Bonchev–Trinajstić information content (AvgIpc) is 3.03. The molecule has 1 aliphatic rings.